The number of carbonyl (C=O) groups excluding carboxylic acids is 1. The van der Waals surface area contributed by atoms with Crippen molar-refractivity contribution in [2.24, 2.45) is 50.7 Å². The molecule has 3 unspecified atom stereocenters. The Labute approximate surface area is 211 Å². The van der Waals surface area contributed by atoms with Crippen LogP contribution in [0.15, 0.2) is 12.7 Å². The first kappa shape index (κ1) is 26.9. The Balaban J connectivity index is 0.000000917. The van der Waals surface area contributed by atoms with Crippen LogP contribution < -0.4 is 0 Å². The molecule has 35 heavy (non-hydrogen) atoms. The minimum Gasteiger partial charge on any atom is -0.481 e. The van der Waals surface area contributed by atoms with Crippen LogP contribution in [-0.4, -0.2) is 39.3 Å². The fourth-order valence-electron chi connectivity index (χ4n) is 10.7. The highest BCUT2D eigenvalue weighted by atomic mass is 16.4. The molecule has 198 valence electrons. The van der Waals surface area contributed by atoms with Gasteiger partial charge in [0.25, 0.3) is 0 Å². The Morgan fingerprint density at radius 1 is 0.943 bits per heavy atom. The second kappa shape index (κ2) is 8.41. The first-order chi connectivity index (χ1) is 16.2. The van der Waals surface area contributed by atoms with Gasteiger partial charge in [-0.05, 0) is 81.0 Å². The van der Waals surface area contributed by atoms with E-state index in [1.165, 1.54) is 0 Å². The third-order valence-electron chi connectivity index (χ3n) is 12.7. The number of fused-ring (bicyclic) bond motifs is 7. The highest BCUT2D eigenvalue weighted by Crippen LogP contribution is 2.76. The lowest BCUT2D eigenvalue weighted by Gasteiger charge is -2.73. The van der Waals surface area contributed by atoms with Crippen molar-refractivity contribution in [3.63, 3.8) is 0 Å². The zero-order chi connectivity index (χ0) is 26.2. The van der Waals surface area contributed by atoms with Crippen molar-refractivity contribution in [3.05, 3.63) is 12.7 Å². The molecule has 10 atom stereocenters. The second-order valence-electron chi connectivity index (χ2n) is 13.8. The zero-order valence-electron chi connectivity index (χ0n) is 22.8. The molecule has 5 heteroatoms. The van der Waals surface area contributed by atoms with Crippen molar-refractivity contribution in [3.8, 4) is 0 Å². The number of ketones is 1. The number of carboxylic acid groups (broad SMARTS) is 1. The van der Waals surface area contributed by atoms with Gasteiger partial charge in [0.05, 0.1) is 17.6 Å². The van der Waals surface area contributed by atoms with Gasteiger partial charge in [0.15, 0.2) is 0 Å². The number of Topliss-reactive ketones (excluding diaryl/α,β-unsaturated/α-hetero) is 1. The summed E-state index contributed by atoms with van der Waals surface area (Å²) >= 11 is 0. The number of rotatable bonds is 1. The van der Waals surface area contributed by atoms with E-state index < -0.39 is 39.8 Å². The van der Waals surface area contributed by atoms with Crippen molar-refractivity contribution < 1.29 is 24.9 Å². The predicted molar refractivity (Wildman–Crippen MR) is 137 cm³/mol. The van der Waals surface area contributed by atoms with Crippen LogP contribution in [0.1, 0.15) is 99.3 Å². The van der Waals surface area contributed by atoms with Gasteiger partial charge in [0.1, 0.15) is 5.78 Å². The number of hydrogen-bond donors (Lipinski definition) is 3. The van der Waals surface area contributed by atoms with E-state index in [1.807, 2.05) is 6.92 Å². The average Bonchev–Trinajstić information content (AvgIpc) is 3.20. The third-order valence-corrected chi connectivity index (χ3v) is 12.7. The number of carbonyl (C=O) groups is 2. The largest absolute Gasteiger partial charge is 0.481 e. The molecular formula is C30H48O5. The Morgan fingerprint density at radius 3 is 2.17 bits per heavy atom. The molecule has 5 rings (SSSR count). The van der Waals surface area contributed by atoms with Crippen LogP contribution in [-0.2, 0) is 9.59 Å². The maximum Gasteiger partial charge on any atom is 0.310 e. The normalized spacial score (nSPS) is 52.1. The lowest BCUT2D eigenvalue weighted by molar-refractivity contribution is -0.295. The average molecular weight is 489 g/mol. The van der Waals surface area contributed by atoms with Gasteiger partial charge in [-0.25, -0.2) is 0 Å². The number of aliphatic hydroxyl groups excluding tert-OH is 2. The molecule has 5 saturated carbocycles. The first-order valence-corrected chi connectivity index (χ1v) is 13.9. The van der Waals surface area contributed by atoms with E-state index in [4.69, 9.17) is 0 Å². The monoisotopic (exact) mass is 488 g/mol. The molecule has 5 fully saturated rings. The summed E-state index contributed by atoms with van der Waals surface area (Å²) in [6.07, 6.45) is 7.10. The van der Waals surface area contributed by atoms with Crippen molar-refractivity contribution in [1.29, 1.82) is 0 Å². The summed E-state index contributed by atoms with van der Waals surface area (Å²) in [6.45, 7) is 16.1. The van der Waals surface area contributed by atoms with Crippen molar-refractivity contribution in [2.45, 2.75) is 112 Å². The van der Waals surface area contributed by atoms with Gasteiger partial charge < -0.3 is 15.3 Å². The molecule has 0 amide bonds. The fraction of sp³-hybridized carbons (Fsp3) is 0.867. The Morgan fingerprint density at radius 2 is 1.57 bits per heavy atom. The van der Waals surface area contributed by atoms with E-state index in [2.05, 4.69) is 41.2 Å². The maximum atomic E-state index is 12.8. The van der Waals surface area contributed by atoms with Crippen LogP contribution in [0.5, 0.6) is 0 Å². The molecule has 5 aliphatic carbocycles. The molecule has 0 aliphatic heterocycles. The van der Waals surface area contributed by atoms with Crippen molar-refractivity contribution in [2.75, 3.05) is 0 Å². The first-order valence-electron chi connectivity index (χ1n) is 13.9. The van der Waals surface area contributed by atoms with E-state index >= 15 is 0 Å². The van der Waals surface area contributed by atoms with Gasteiger partial charge in [0.2, 0.25) is 0 Å². The SMILES string of the molecule is C=CC.CC1(C)C(=O)CC[C@@]2(C)C1C[C@H](O)[C@]1(C)C2CC[C@@H]2C3CCC[C@]3(C(=O)O)C[C@H](O)[C@]21C. The van der Waals surface area contributed by atoms with E-state index in [0.717, 1.165) is 32.1 Å². The molecule has 5 aliphatic rings. The fourth-order valence-corrected chi connectivity index (χ4v) is 10.7. The summed E-state index contributed by atoms with van der Waals surface area (Å²) < 4.78 is 0. The van der Waals surface area contributed by atoms with Gasteiger partial charge in [-0.2, -0.15) is 0 Å². The minimum absolute atomic E-state index is 0.0594. The highest BCUT2D eigenvalue weighted by molar-refractivity contribution is 5.85. The standard InChI is InChI=1S/C27H42O5.C3H6/c1-23(2)18-13-20(29)26(5)17(24(18,3)12-10-19(23)28)9-8-15-16-7-6-11-27(16,22(31)32)14-21(30)25(15,26)4;1-3-2/h15-18,20-21,29-30H,6-14H2,1-5H3,(H,31,32);3H,1H2,2H3/t15-,16?,17?,18?,20+,21+,24-,25+,26+,27+;/m1./s1. The van der Waals surface area contributed by atoms with Crippen molar-refractivity contribution >= 4 is 11.8 Å². The molecule has 0 bridgehead atoms. The lowest BCUT2D eigenvalue weighted by atomic mass is 9.31. The zero-order valence-corrected chi connectivity index (χ0v) is 22.8. The second-order valence-corrected chi connectivity index (χ2v) is 13.8. The van der Waals surface area contributed by atoms with Gasteiger partial charge in [-0.3, -0.25) is 9.59 Å². The molecule has 0 heterocycles. The van der Waals surface area contributed by atoms with Crippen LogP contribution in [0, 0.1) is 50.7 Å². The lowest BCUT2D eigenvalue weighted by Crippen LogP contribution is -2.73. The summed E-state index contributed by atoms with van der Waals surface area (Å²) in [5.41, 5.74) is -2.33. The van der Waals surface area contributed by atoms with Crippen LogP contribution in [0.2, 0.25) is 0 Å². The summed E-state index contributed by atoms with van der Waals surface area (Å²) in [5.74, 6) is 0.107. The van der Waals surface area contributed by atoms with Crippen LogP contribution in [0.25, 0.3) is 0 Å². The van der Waals surface area contributed by atoms with E-state index in [1.54, 1.807) is 6.08 Å². The minimum atomic E-state index is -0.807. The molecular weight excluding hydrogens is 440 g/mol. The summed E-state index contributed by atoms with van der Waals surface area (Å²) in [5, 5.41) is 33.8. The van der Waals surface area contributed by atoms with Gasteiger partial charge in [-0.15, -0.1) is 6.58 Å². The topological polar surface area (TPSA) is 94.8 Å². The molecule has 3 N–H and O–H groups in total. The number of allylic oxidation sites excluding steroid dienone is 1. The number of aliphatic hydroxyl groups is 2. The molecule has 0 aromatic carbocycles. The summed E-state index contributed by atoms with van der Waals surface area (Å²) in [6, 6.07) is 0. The molecule has 0 radical (unpaired) electrons. The van der Waals surface area contributed by atoms with E-state index in [-0.39, 0.29) is 29.1 Å². The van der Waals surface area contributed by atoms with E-state index in [9.17, 15) is 24.9 Å². The van der Waals surface area contributed by atoms with Crippen LogP contribution in [0.4, 0.5) is 0 Å². The number of aliphatic carboxylic acids is 1. The Bertz CT molecular complexity index is 895. The number of hydrogen-bond acceptors (Lipinski definition) is 4. The summed E-state index contributed by atoms with van der Waals surface area (Å²) in [7, 11) is 0. The molecule has 0 spiro atoms. The molecule has 0 aromatic heterocycles. The van der Waals surface area contributed by atoms with Crippen molar-refractivity contribution in [1.82, 2.24) is 0 Å². The smallest absolute Gasteiger partial charge is 0.310 e. The predicted octanol–water partition coefficient (Wildman–Crippen LogP) is 5.63. The molecule has 5 nitrogen and oxygen atoms in total. The quantitative estimate of drug-likeness (QED) is 0.416. The third kappa shape index (κ3) is 3.19. The van der Waals surface area contributed by atoms with Crippen LogP contribution >= 0.6 is 0 Å². The Hall–Kier alpha value is -1.20. The number of carboxylic acids is 1. The Kier molecular flexibility index (Phi) is 6.45. The highest BCUT2D eigenvalue weighted by Gasteiger charge is 2.75. The van der Waals surface area contributed by atoms with Gasteiger partial charge in [0, 0.05) is 22.7 Å². The van der Waals surface area contributed by atoms with E-state index in [0.29, 0.717) is 31.5 Å². The maximum absolute atomic E-state index is 12.8. The molecule has 0 saturated heterocycles. The van der Waals surface area contributed by atoms with Gasteiger partial charge in [-0.1, -0.05) is 47.1 Å². The van der Waals surface area contributed by atoms with Gasteiger partial charge >= 0.3 is 5.97 Å². The molecule has 0 aromatic rings. The van der Waals surface area contributed by atoms with Crippen LogP contribution in [0.3, 0.4) is 0 Å². The summed E-state index contributed by atoms with van der Waals surface area (Å²) in [4.78, 5) is 25.3.